The van der Waals surface area contributed by atoms with Crippen molar-refractivity contribution in [1.82, 2.24) is 0 Å². The number of hydrogen-bond donors (Lipinski definition) is 0. The quantitative estimate of drug-likeness (QED) is 0.0586. The van der Waals surface area contributed by atoms with Gasteiger partial charge in [0, 0.05) is 46.1 Å². The van der Waals surface area contributed by atoms with Gasteiger partial charge in [-0.1, -0.05) is 51.1 Å². The van der Waals surface area contributed by atoms with Gasteiger partial charge in [0.25, 0.3) is 0 Å². The third-order valence-electron chi connectivity index (χ3n) is 12.3. The summed E-state index contributed by atoms with van der Waals surface area (Å²) in [6.07, 6.45) is 4.08. The minimum atomic E-state index is -1.33. The van der Waals surface area contributed by atoms with Gasteiger partial charge in [0.2, 0.25) is 40.7 Å². The van der Waals surface area contributed by atoms with Gasteiger partial charge in [-0.25, -0.2) is 30.7 Å². The van der Waals surface area contributed by atoms with E-state index in [1.54, 1.807) is 32.2 Å². The number of hydrogen-bond acceptors (Lipinski definition) is 8. The Morgan fingerprint density at radius 1 is 0.345 bits per heavy atom. The van der Waals surface area contributed by atoms with E-state index in [-0.39, 0.29) is 63.9 Å². The van der Waals surface area contributed by atoms with Gasteiger partial charge in [-0.05, 0) is 122 Å². The summed E-state index contributed by atoms with van der Waals surface area (Å²) in [7, 11) is 6.34. The smallest absolute Gasteiger partial charge is 0.201 e. The van der Waals surface area contributed by atoms with Crippen molar-refractivity contribution in [2.45, 2.75) is 40.5 Å². The summed E-state index contributed by atoms with van der Waals surface area (Å²) in [5, 5.41) is 0. The molecule has 0 N–H and O–H groups in total. The Kier molecular flexibility index (Phi) is 25.8. The van der Waals surface area contributed by atoms with Crippen LogP contribution in [0.2, 0.25) is 0 Å². The van der Waals surface area contributed by atoms with Crippen molar-refractivity contribution in [2.75, 3.05) is 55.4 Å². The normalized spacial score (nSPS) is 10.8. The van der Waals surface area contributed by atoms with E-state index in [0.717, 1.165) is 78.7 Å². The van der Waals surface area contributed by atoms with Gasteiger partial charge in [-0.3, -0.25) is 0 Å². The van der Waals surface area contributed by atoms with Gasteiger partial charge in [-0.15, -0.1) is 0 Å². The maximum absolute atomic E-state index is 14.3. The lowest BCUT2D eigenvalue weighted by atomic mass is 10.0. The summed E-state index contributed by atoms with van der Waals surface area (Å²) in [6, 6.07) is 24.0. The van der Waals surface area contributed by atoms with Crippen LogP contribution in [-0.2, 0) is 11.2 Å². The summed E-state index contributed by atoms with van der Waals surface area (Å²) in [6.45, 7) is 8.56. The molecular weight excluding hydrogens is 1170 g/mol. The summed E-state index contributed by atoms with van der Waals surface area (Å²) >= 11 is 0. The van der Waals surface area contributed by atoms with Crippen LogP contribution in [0.1, 0.15) is 39.7 Å². The minimum Gasteiger partial charge on any atom is -0.494 e. The van der Waals surface area contributed by atoms with Crippen LogP contribution in [0.25, 0.3) is 44.5 Å². The largest absolute Gasteiger partial charge is 0.494 e. The van der Waals surface area contributed by atoms with Crippen LogP contribution in [0, 0.1) is 87.4 Å². The lowest BCUT2D eigenvalue weighted by molar-refractivity contribution is 0.202. The summed E-state index contributed by atoms with van der Waals surface area (Å²) < 4.78 is 233. The van der Waals surface area contributed by atoms with Crippen LogP contribution < -0.4 is 33.2 Å². The fourth-order valence-electron chi connectivity index (χ4n) is 7.82. The van der Waals surface area contributed by atoms with Crippen molar-refractivity contribution in [3.8, 4) is 84.8 Å². The molecule has 0 amide bonds. The van der Waals surface area contributed by atoms with Gasteiger partial charge in [0.15, 0.2) is 81.0 Å². The van der Waals surface area contributed by atoms with Crippen LogP contribution in [0.3, 0.4) is 0 Å². The third-order valence-corrected chi connectivity index (χ3v) is 12.3. The van der Waals surface area contributed by atoms with Crippen LogP contribution in [-0.4, -0.2) is 55.4 Å². The zero-order valence-corrected chi connectivity index (χ0v) is 48.2. The van der Waals surface area contributed by atoms with Crippen LogP contribution >= 0.6 is 0 Å². The number of allylic oxidation sites excluding steroid dienone is 1. The molecule has 464 valence electrons. The van der Waals surface area contributed by atoms with Gasteiger partial charge in [-0.2, -0.15) is 30.7 Å². The molecule has 22 heteroatoms. The Morgan fingerprint density at radius 2 is 0.644 bits per heavy atom. The fraction of sp³-hybridized carbons (Fsp3) is 0.231. The van der Waals surface area contributed by atoms with Crippen LogP contribution in [0.15, 0.2) is 122 Å². The average molecular weight is 1230 g/mol. The first-order valence-corrected chi connectivity index (χ1v) is 26.2. The van der Waals surface area contributed by atoms with E-state index in [2.05, 4.69) is 18.9 Å². The SMILES string of the molecule is C/C=C/Oc1ccc(-c2ccc(OC)c(F)c2F)c(F)c1F.CCCOc1ccc(-c2ccc(OC)c(F)c2F)c(F)c1F.COCCc1ccc(-c2ccc(OCC(C)C)c(F)c2F)cc1.COc1ccc(-c2ccc(OC)c(F)c2F)c(F)c1F. The van der Waals surface area contributed by atoms with E-state index in [1.807, 2.05) is 32.9 Å². The predicted octanol–water partition coefficient (Wildman–Crippen LogP) is 18.3. The number of rotatable bonds is 19. The predicted molar refractivity (Wildman–Crippen MR) is 300 cm³/mol. The standard InChI is InChI=1S/C19H22F2O2.C16H14F4O2.C16H12F4O2.C14H10F4O2/c1-13(2)12-23-17-9-8-16(18(20)19(17)21)15-6-4-14(5-7-15)10-11-22-3;2*1-3-8-22-12-7-5-10(14(18)16(12)20)9-4-6-11(21-2)15(19)13(9)17;1-19-9-5-3-7(11(15)13(9)17)8-4-6-10(20-2)14(18)12(8)16/h4-9,13H,10-12H2,1-3H3;4-7H,3,8H2,1-2H3;3-8H,1-2H3;3-6H,1-2H3/b;;8-3+;. The third kappa shape index (κ3) is 16.7. The van der Waals surface area contributed by atoms with E-state index in [1.165, 1.54) is 52.9 Å². The highest BCUT2D eigenvalue weighted by atomic mass is 19.2. The first kappa shape index (κ1) is 68.9. The Morgan fingerprint density at radius 3 is 0.966 bits per heavy atom. The first-order chi connectivity index (χ1) is 41.5. The molecule has 0 spiro atoms. The molecule has 0 atom stereocenters. The Labute approximate surface area is 493 Å². The van der Waals surface area contributed by atoms with Crippen LogP contribution in [0.5, 0.6) is 40.2 Å². The molecular formula is C65H58F14O8. The highest BCUT2D eigenvalue weighted by Gasteiger charge is 2.25. The monoisotopic (exact) mass is 1230 g/mol. The Balaban J connectivity index is 0.000000212. The van der Waals surface area contributed by atoms with E-state index in [0.29, 0.717) is 25.2 Å². The molecule has 0 saturated carbocycles. The topological polar surface area (TPSA) is 73.8 Å². The maximum Gasteiger partial charge on any atom is 0.201 e. The molecule has 0 aromatic heterocycles. The second-order valence-electron chi connectivity index (χ2n) is 18.6. The van der Waals surface area contributed by atoms with Crippen molar-refractivity contribution in [3.05, 3.63) is 209 Å². The van der Waals surface area contributed by atoms with E-state index < -0.39 is 109 Å². The molecule has 0 aliphatic carbocycles. The number of benzene rings is 8. The molecule has 87 heavy (non-hydrogen) atoms. The fourth-order valence-corrected chi connectivity index (χ4v) is 7.82. The average Bonchev–Trinajstić information content (AvgIpc) is 1.97. The van der Waals surface area contributed by atoms with Crippen molar-refractivity contribution in [1.29, 1.82) is 0 Å². The molecule has 0 saturated heterocycles. The second-order valence-corrected chi connectivity index (χ2v) is 18.6. The second kappa shape index (κ2) is 32.5. The van der Waals surface area contributed by atoms with Crippen LogP contribution in [0.4, 0.5) is 61.5 Å². The highest BCUT2D eigenvalue weighted by molar-refractivity contribution is 5.70. The van der Waals surface area contributed by atoms with E-state index in [9.17, 15) is 61.5 Å². The Bertz CT molecular complexity index is 3600. The van der Waals surface area contributed by atoms with Gasteiger partial charge in [0.05, 0.1) is 54.5 Å². The lowest BCUT2D eigenvalue weighted by Gasteiger charge is -2.12. The number of halogens is 14. The first-order valence-electron chi connectivity index (χ1n) is 26.2. The van der Waals surface area contributed by atoms with Crippen molar-refractivity contribution in [2.24, 2.45) is 5.92 Å². The number of methoxy groups -OCH3 is 5. The molecule has 0 radical (unpaired) electrons. The van der Waals surface area contributed by atoms with Crippen molar-refractivity contribution >= 4 is 0 Å². The van der Waals surface area contributed by atoms with Gasteiger partial charge in [0.1, 0.15) is 0 Å². The van der Waals surface area contributed by atoms with E-state index >= 15 is 0 Å². The molecule has 8 aromatic carbocycles. The molecule has 8 rings (SSSR count). The van der Waals surface area contributed by atoms with Gasteiger partial charge >= 0.3 is 0 Å². The summed E-state index contributed by atoms with van der Waals surface area (Å²) in [4.78, 5) is 0. The zero-order chi connectivity index (χ0) is 64.2. The maximum atomic E-state index is 14.3. The minimum absolute atomic E-state index is 0.0448. The molecule has 8 nitrogen and oxygen atoms in total. The molecule has 8 aromatic rings. The summed E-state index contributed by atoms with van der Waals surface area (Å²) in [5.41, 5.74) is -0.442. The molecule has 0 unspecified atom stereocenters. The lowest BCUT2D eigenvalue weighted by Crippen LogP contribution is -2.06. The van der Waals surface area contributed by atoms with Crippen molar-refractivity contribution in [3.63, 3.8) is 0 Å². The molecule has 0 fully saturated rings. The number of ether oxygens (including phenoxy) is 8. The zero-order valence-electron chi connectivity index (χ0n) is 48.2. The highest BCUT2D eigenvalue weighted by Crippen LogP contribution is 2.38. The van der Waals surface area contributed by atoms with Crippen molar-refractivity contribution < 1.29 is 99.4 Å². The Hall–Kier alpha value is -8.92. The molecule has 0 aliphatic heterocycles. The molecule has 0 aliphatic rings. The van der Waals surface area contributed by atoms with Gasteiger partial charge < -0.3 is 37.9 Å². The molecule has 0 bridgehead atoms. The van der Waals surface area contributed by atoms with E-state index in [4.69, 9.17) is 18.9 Å². The summed E-state index contributed by atoms with van der Waals surface area (Å²) in [5.74, 6) is -19.0. The molecule has 0 heterocycles.